The predicted octanol–water partition coefficient (Wildman–Crippen LogP) is 3.16. The van der Waals surface area contributed by atoms with Gasteiger partial charge in [-0.3, -0.25) is 0 Å². The maximum absolute atomic E-state index is 5.69. The van der Waals surface area contributed by atoms with Crippen LogP contribution < -0.4 is 0 Å². The van der Waals surface area contributed by atoms with E-state index in [1.54, 1.807) is 21.3 Å². The minimum atomic E-state index is -2.53. The van der Waals surface area contributed by atoms with Crippen LogP contribution in [-0.4, -0.2) is 55.2 Å². The second-order valence-electron chi connectivity index (χ2n) is 5.34. The smallest absolute Gasteiger partial charge is 0.377 e. The van der Waals surface area contributed by atoms with Gasteiger partial charge in [-0.25, -0.2) is 0 Å². The molecule has 0 radical (unpaired) electrons. The van der Waals surface area contributed by atoms with Gasteiger partial charge in [0.2, 0.25) is 0 Å². The van der Waals surface area contributed by atoms with Crippen LogP contribution >= 0.6 is 0 Å². The third-order valence-corrected chi connectivity index (χ3v) is 7.13. The van der Waals surface area contributed by atoms with Gasteiger partial charge in [0.1, 0.15) is 0 Å². The molecule has 0 saturated carbocycles. The summed E-state index contributed by atoms with van der Waals surface area (Å²) in [5.74, 6) is 0. The van der Waals surface area contributed by atoms with Gasteiger partial charge in [0.05, 0.1) is 0 Å². The molecule has 116 valence electrons. The number of hydrogen-bond acceptors (Lipinski definition) is 4. The first-order valence-electron chi connectivity index (χ1n) is 7.33. The molecular weight excluding hydrogens is 258 g/mol. The standard InChI is InChI=1S/C14H33NO3Si/c1-8-10-13(15(3)4)12-14(11-9-2)19(16-5,17-6)18-7/h13-14H,8-12H2,1-7H3. The van der Waals surface area contributed by atoms with E-state index in [2.05, 4.69) is 32.8 Å². The molecule has 0 aromatic carbocycles. The number of hydrogen-bond donors (Lipinski definition) is 0. The van der Waals surface area contributed by atoms with Crippen molar-refractivity contribution >= 4 is 8.80 Å². The summed E-state index contributed by atoms with van der Waals surface area (Å²) >= 11 is 0. The summed E-state index contributed by atoms with van der Waals surface area (Å²) < 4.78 is 17.1. The van der Waals surface area contributed by atoms with Crippen LogP contribution in [0.15, 0.2) is 0 Å². The Labute approximate surface area is 120 Å². The van der Waals surface area contributed by atoms with Crippen LogP contribution in [0.4, 0.5) is 0 Å². The van der Waals surface area contributed by atoms with Gasteiger partial charge >= 0.3 is 8.80 Å². The van der Waals surface area contributed by atoms with Crippen LogP contribution in [-0.2, 0) is 13.3 Å². The van der Waals surface area contributed by atoms with Gasteiger partial charge in [0.15, 0.2) is 0 Å². The fraction of sp³-hybridized carbons (Fsp3) is 1.00. The fourth-order valence-corrected chi connectivity index (χ4v) is 5.49. The van der Waals surface area contributed by atoms with E-state index in [9.17, 15) is 0 Å². The average Bonchev–Trinajstić information content (AvgIpc) is 2.40. The van der Waals surface area contributed by atoms with Crippen molar-refractivity contribution in [2.24, 2.45) is 0 Å². The zero-order valence-electron chi connectivity index (χ0n) is 13.9. The average molecular weight is 292 g/mol. The molecule has 0 fully saturated rings. The second-order valence-corrected chi connectivity index (χ2v) is 8.59. The van der Waals surface area contributed by atoms with Crippen molar-refractivity contribution in [3.63, 3.8) is 0 Å². The fourth-order valence-electron chi connectivity index (χ4n) is 2.79. The molecule has 2 unspecified atom stereocenters. The van der Waals surface area contributed by atoms with Gasteiger partial charge in [0, 0.05) is 32.9 Å². The van der Waals surface area contributed by atoms with Gasteiger partial charge in [-0.1, -0.05) is 26.7 Å². The van der Waals surface area contributed by atoms with Crippen LogP contribution in [0.25, 0.3) is 0 Å². The highest BCUT2D eigenvalue weighted by molar-refractivity contribution is 6.62. The lowest BCUT2D eigenvalue weighted by atomic mass is 10.0. The highest BCUT2D eigenvalue weighted by Crippen LogP contribution is 2.34. The molecule has 0 saturated heterocycles. The topological polar surface area (TPSA) is 30.9 Å². The Bertz CT molecular complexity index is 214. The maximum atomic E-state index is 5.69. The molecule has 0 bridgehead atoms. The van der Waals surface area contributed by atoms with E-state index in [1.807, 2.05) is 0 Å². The quantitative estimate of drug-likeness (QED) is 0.547. The molecule has 2 atom stereocenters. The molecule has 19 heavy (non-hydrogen) atoms. The Balaban J connectivity index is 4.96. The maximum Gasteiger partial charge on any atom is 0.503 e. The first-order chi connectivity index (χ1) is 9.01. The lowest BCUT2D eigenvalue weighted by molar-refractivity contribution is 0.101. The molecule has 0 amide bonds. The summed E-state index contributed by atoms with van der Waals surface area (Å²) in [5.41, 5.74) is 0.372. The zero-order valence-corrected chi connectivity index (χ0v) is 14.9. The summed E-state index contributed by atoms with van der Waals surface area (Å²) in [6.07, 6.45) is 5.70. The molecule has 4 nitrogen and oxygen atoms in total. The van der Waals surface area contributed by atoms with Crippen LogP contribution in [0.1, 0.15) is 46.0 Å². The highest BCUT2D eigenvalue weighted by atomic mass is 28.4. The summed E-state index contributed by atoms with van der Waals surface area (Å²) in [7, 11) is 6.92. The Morgan fingerprint density at radius 2 is 1.37 bits per heavy atom. The van der Waals surface area contributed by atoms with Crippen molar-refractivity contribution < 1.29 is 13.3 Å². The van der Waals surface area contributed by atoms with Crippen LogP contribution in [0.2, 0.25) is 5.54 Å². The summed E-state index contributed by atoms with van der Waals surface area (Å²) in [5, 5.41) is 0. The molecule has 0 spiro atoms. The third-order valence-electron chi connectivity index (χ3n) is 3.90. The van der Waals surface area contributed by atoms with Crippen molar-refractivity contribution in [3.05, 3.63) is 0 Å². The molecule has 0 rings (SSSR count). The van der Waals surface area contributed by atoms with E-state index in [4.69, 9.17) is 13.3 Å². The summed E-state index contributed by atoms with van der Waals surface area (Å²) in [6.45, 7) is 4.44. The van der Waals surface area contributed by atoms with Gasteiger partial charge in [-0.2, -0.15) is 0 Å². The normalized spacial score (nSPS) is 15.8. The largest absolute Gasteiger partial charge is 0.503 e. The van der Waals surface area contributed by atoms with Crippen LogP contribution in [0.5, 0.6) is 0 Å². The number of nitrogens with zero attached hydrogens (tertiary/aromatic N) is 1. The van der Waals surface area contributed by atoms with Gasteiger partial charge in [0.25, 0.3) is 0 Å². The van der Waals surface area contributed by atoms with Crippen molar-refractivity contribution in [2.75, 3.05) is 35.4 Å². The molecule has 0 aliphatic carbocycles. The molecule has 0 aromatic heterocycles. The van der Waals surface area contributed by atoms with Crippen LogP contribution in [0, 0.1) is 0 Å². The summed E-state index contributed by atoms with van der Waals surface area (Å²) in [6, 6.07) is 0.564. The van der Waals surface area contributed by atoms with E-state index in [0.29, 0.717) is 11.6 Å². The first-order valence-corrected chi connectivity index (χ1v) is 9.13. The van der Waals surface area contributed by atoms with E-state index in [1.165, 1.54) is 12.8 Å². The lowest BCUT2D eigenvalue weighted by Gasteiger charge is -2.36. The van der Waals surface area contributed by atoms with Crippen molar-refractivity contribution in [2.45, 2.75) is 57.5 Å². The van der Waals surface area contributed by atoms with E-state index >= 15 is 0 Å². The van der Waals surface area contributed by atoms with Crippen molar-refractivity contribution in [1.82, 2.24) is 4.90 Å². The van der Waals surface area contributed by atoms with Gasteiger partial charge in [-0.05, 0) is 33.4 Å². The minimum Gasteiger partial charge on any atom is -0.377 e. The number of rotatable bonds is 11. The van der Waals surface area contributed by atoms with Crippen molar-refractivity contribution in [1.29, 1.82) is 0 Å². The first kappa shape index (κ1) is 19.1. The highest BCUT2D eigenvalue weighted by Gasteiger charge is 2.47. The van der Waals surface area contributed by atoms with Crippen molar-refractivity contribution in [3.8, 4) is 0 Å². The van der Waals surface area contributed by atoms with E-state index in [-0.39, 0.29) is 0 Å². The van der Waals surface area contributed by atoms with E-state index in [0.717, 1.165) is 19.3 Å². The van der Waals surface area contributed by atoms with Crippen LogP contribution in [0.3, 0.4) is 0 Å². The minimum absolute atomic E-state index is 0.372. The van der Waals surface area contributed by atoms with Gasteiger partial charge in [-0.15, -0.1) is 0 Å². The molecule has 0 aromatic rings. The Kier molecular flexibility index (Phi) is 9.91. The Hall–Kier alpha value is 0.0569. The molecule has 5 heteroatoms. The van der Waals surface area contributed by atoms with Gasteiger partial charge < -0.3 is 18.2 Å². The molecule has 0 N–H and O–H groups in total. The summed E-state index contributed by atoms with van der Waals surface area (Å²) in [4.78, 5) is 2.31. The molecule has 0 aliphatic rings. The predicted molar refractivity (Wildman–Crippen MR) is 82.4 cm³/mol. The van der Waals surface area contributed by atoms with E-state index < -0.39 is 8.80 Å². The Morgan fingerprint density at radius 1 is 0.895 bits per heavy atom. The molecule has 0 heterocycles. The Morgan fingerprint density at radius 3 is 1.68 bits per heavy atom. The third kappa shape index (κ3) is 5.51. The second kappa shape index (κ2) is 9.88. The SMILES string of the molecule is CCCC(CC(CCC)[Si](OC)(OC)OC)N(C)C. The monoisotopic (exact) mass is 291 g/mol. The lowest BCUT2D eigenvalue weighted by Crippen LogP contribution is -2.49. The molecular formula is C14H33NO3Si. The molecule has 0 aliphatic heterocycles. The zero-order chi connectivity index (χ0) is 14.9.